The van der Waals surface area contributed by atoms with Crippen LogP contribution in [0.3, 0.4) is 0 Å². The van der Waals surface area contributed by atoms with Gasteiger partial charge in [-0.25, -0.2) is 0 Å². The molecule has 4 aromatic carbocycles. The lowest BCUT2D eigenvalue weighted by atomic mass is 10.4. The third-order valence-electron chi connectivity index (χ3n) is 4.99. The largest absolute Gasteiger partial charge is 0.268 e. The summed E-state index contributed by atoms with van der Waals surface area (Å²) in [5.74, 6) is 0. The second kappa shape index (κ2) is 12.6. The second-order valence-electron chi connectivity index (χ2n) is 7.62. The van der Waals surface area contributed by atoms with Crippen molar-refractivity contribution in [3.63, 3.8) is 0 Å². The lowest BCUT2D eigenvalue weighted by molar-refractivity contribution is 0.691. The minimum Gasteiger partial charge on any atom is -0.268 e. The molecule has 4 aromatic rings. The van der Waals surface area contributed by atoms with Crippen LogP contribution in [0.2, 0.25) is 0 Å². The third kappa shape index (κ3) is 6.65. The minimum absolute atomic E-state index is 0.756. The van der Waals surface area contributed by atoms with Crippen LogP contribution in [0.5, 0.6) is 0 Å². The van der Waals surface area contributed by atoms with E-state index < -0.39 is 23.9 Å². The quantitative estimate of drug-likeness (QED) is 0.242. The van der Waals surface area contributed by atoms with E-state index >= 15 is 0 Å². The van der Waals surface area contributed by atoms with Gasteiger partial charge >= 0.3 is 0 Å². The number of hydrogen-bond donors (Lipinski definition) is 0. The standard InChI is InChI=1S/C30H26NP3/c1-31(2)32(23-25-33(27-15-7-3-8-16-27)28-17-9-4-10-18-28)24-26-34(29-19-11-5-12-20-29)30-21-13-6-14-22-30/h3-22H,1-2H3. The van der Waals surface area contributed by atoms with E-state index in [0.29, 0.717) is 0 Å². The molecule has 4 rings (SSSR count). The lowest BCUT2D eigenvalue weighted by Crippen LogP contribution is -2.10. The average Bonchev–Trinajstić information content (AvgIpc) is 2.90. The maximum absolute atomic E-state index is 3.64. The Balaban J connectivity index is 1.70. The average molecular weight is 493 g/mol. The molecule has 0 heterocycles. The zero-order valence-corrected chi connectivity index (χ0v) is 22.0. The molecular formula is C30H26NP3. The zero-order valence-electron chi connectivity index (χ0n) is 19.3. The molecule has 0 saturated heterocycles. The summed E-state index contributed by atoms with van der Waals surface area (Å²) in [6, 6.07) is 42.4. The van der Waals surface area contributed by atoms with Crippen LogP contribution in [-0.4, -0.2) is 18.8 Å². The predicted octanol–water partition coefficient (Wildman–Crippen LogP) is 6.05. The Labute approximate surface area is 207 Å². The summed E-state index contributed by atoms with van der Waals surface area (Å²) in [4.78, 5) is 0. The molecule has 166 valence electrons. The van der Waals surface area contributed by atoms with E-state index in [1.807, 2.05) is 0 Å². The minimum atomic E-state index is -0.903. The van der Waals surface area contributed by atoms with E-state index in [4.69, 9.17) is 0 Å². The van der Waals surface area contributed by atoms with Crippen molar-refractivity contribution in [2.75, 3.05) is 14.1 Å². The normalized spacial score (nSPS) is 10.6. The fourth-order valence-electron chi connectivity index (χ4n) is 3.29. The van der Waals surface area contributed by atoms with Crippen molar-refractivity contribution in [1.29, 1.82) is 0 Å². The lowest BCUT2D eigenvalue weighted by Gasteiger charge is -2.16. The molecule has 0 atom stereocenters. The van der Waals surface area contributed by atoms with Crippen molar-refractivity contribution in [3.05, 3.63) is 121 Å². The molecule has 0 bridgehead atoms. The van der Waals surface area contributed by atoms with Crippen LogP contribution in [0.4, 0.5) is 0 Å². The van der Waals surface area contributed by atoms with Crippen molar-refractivity contribution >= 4 is 45.1 Å². The highest BCUT2D eigenvalue weighted by Gasteiger charge is 2.14. The molecule has 0 aromatic heterocycles. The van der Waals surface area contributed by atoms with E-state index in [1.54, 1.807) is 0 Å². The topological polar surface area (TPSA) is 3.24 Å². The first-order valence-corrected chi connectivity index (χ1v) is 15.0. The molecular weight excluding hydrogens is 467 g/mol. The molecule has 0 unspecified atom stereocenters. The Morgan fingerprint density at radius 1 is 0.412 bits per heavy atom. The summed E-state index contributed by atoms with van der Waals surface area (Å²) in [5.41, 5.74) is 14.4. The monoisotopic (exact) mass is 493 g/mol. The van der Waals surface area contributed by atoms with Crippen molar-refractivity contribution in [2.45, 2.75) is 0 Å². The summed E-state index contributed by atoms with van der Waals surface area (Å²) in [7, 11) is 1.74. The van der Waals surface area contributed by atoms with Crippen molar-refractivity contribution in [3.8, 4) is 22.6 Å². The van der Waals surface area contributed by atoms with Crippen molar-refractivity contribution in [2.24, 2.45) is 0 Å². The summed E-state index contributed by atoms with van der Waals surface area (Å²) in [6.07, 6.45) is 0. The van der Waals surface area contributed by atoms with E-state index in [1.165, 1.54) is 21.2 Å². The predicted molar refractivity (Wildman–Crippen MR) is 154 cm³/mol. The molecule has 4 heteroatoms. The fourth-order valence-corrected chi connectivity index (χ4v) is 8.29. The first-order valence-electron chi connectivity index (χ1n) is 11.0. The number of hydrogen-bond acceptors (Lipinski definition) is 1. The van der Waals surface area contributed by atoms with Gasteiger partial charge < -0.3 is 0 Å². The molecule has 0 fully saturated rings. The molecule has 34 heavy (non-hydrogen) atoms. The maximum atomic E-state index is 3.64. The van der Waals surface area contributed by atoms with E-state index in [2.05, 4.69) is 163 Å². The van der Waals surface area contributed by atoms with Gasteiger partial charge in [0, 0.05) is 15.8 Å². The molecule has 0 spiro atoms. The highest BCUT2D eigenvalue weighted by atomic mass is 31.1. The summed E-state index contributed by atoms with van der Waals surface area (Å²) >= 11 is 0. The molecule has 0 aliphatic heterocycles. The molecule has 1 nitrogen and oxygen atoms in total. The third-order valence-corrected chi connectivity index (χ3v) is 10.7. The number of benzene rings is 4. The van der Waals surface area contributed by atoms with Gasteiger partial charge in [0.15, 0.2) is 0 Å². The first-order chi connectivity index (χ1) is 16.7. The van der Waals surface area contributed by atoms with Gasteiger partial charge in [-0.05, 0) is 46.6 Å². The summed E-state index contributed by atoms with van der Waals surface area (Å²) in [5, 5.41) is 5.09. The highest BCUT2D eigenvalue weighted by Crippen LogP contribution is 2.41. The molecule has 0 aliphatic carbocycles. The van der Waals surface area contributed by atoms with Gasteiger partial charge in [0.1, 0.15) is 8.07 Å². The van der Waals surface area contributed by atoms with Gasteiger partial charge in [0.05, 0.1) is 0 Å². The Morgan fingerprint density at radius 2 is 0.676 bits per heavy atom. The van der Waals surface area contributed by atoms with Gasteiger partial charge in [-0.1, -0.05) is 133 Å². The van der Waals surface area contributed by atoms with Crippen LogP contribution >= 0.6 is 23.9 Å². The van der Waals surface area contributed by atoms with E-state index in [9.17, 15) is 0 Å². The molecule has 0 radical (unpaired) electrons. The fraction of sp³-hybridized carbons (Fsp3) is 0.0667. The van der Waals surface area contributed by atoms with Crippen molar-refractivity contribution in [1.82, 2.24) is 4.67 Å². The Morgan fingerprint density at radius 3 is 0.912 bits per heavy atom. The van der Waals surface area contributed by atoms with Crippen LogP contribution in [0.15, 0.2) is 121 Å². The maximum Gasteiger partial charge on any atom is 0.124 e. The smallest absolute Gasteiger partial charge is 0.124 e. The van der Waals surface area contributed by atoms with E-state index in [-0.39, 0.29) is 0 Å². The van der Waals surface area contributed by atoms with Gasteiger partial charge in [0.2, 0.25) is 0 Å². The van der Waals surface area contributed by atoms with Gasteiger partial charge in [-0.2, -0.15) is 0 Å². The van der Waals surface area contributed by atoms with Gasteiger partial charge in [0.25, 0.3) is 0 Å². The highest BCUT2D eigenvalue weighted by molar-refractivity contribution is 7.79. The van der Waals surface area contributed by atoms with Crippen molar-refractivity contribution < 1.29 is 0 Å². The molecule has 0 N–H and O–H groups in total. The Kier molecular flexibility index (Phi) is 9.06. The molecule has 0 aliphatic rings. The van der Waals surface area contributed by atoms with Crippen LogP contribution in [0.1, 0.15) is 0 Å². The van der Waals surface area contributed by atoms with Crippen LogP contribution in [-0.2, 0) is 0 Å². The summed E-state index contributed by atoms with van der Waals surface area (Å²) in [6.45, 7) is 0. The Bertz CT molecular complexity index is 1110. The Hall–Kier alpha value is -2.75. The summed E-state index contributed by atoms with van der Waals surface area (Å²) < 4.78 is 2.17. The second-order valence-corrected chi connectivity index (χ2v) is 13.3. The molecule has 0 amide bonds. The molecule has 0 saturated carbocycles. The van der Waals surface area contributed by atoms with E-state index in [0.717, 1.165) is 0 Å². The number of rotatable bonds is 5. The SMILES string of the molecule is CN(C)P(C#CP(c1ccccc1)c1ccccc1)C#CP(c1ccccc1)c1ccccc1. The van der Waals surface area contributed by atoms with Gasteiger partial charge in [-0.15, -0.1) is 0 Å². The van der Waals surface area contributed by atoms with Crippen LogP contribution in [0.25, 0.3) is 0 Å². The number of nitrogens with zero attached hydrogens (tertiary/aromatic N) is 1. The van der Waals surface area contributed by atoms with Gasteiger partial charge in [-0.3, -0.25) is 4.67 Å². The van der Waals surface area contributed by atoms with Crippen LogP contribution in [0, 0.1) is 22.6 Å². The zero-order chi connectivity index (χ0) is 23.6. The first kappa shape index (κ1) is 24.4. The van der Waals surface area contributed by atoms with Crippen LogP contribution < -0.4 is 21.2 Å².